The molecule has 2 aliphatic heterocycles. The minimum atomic E-state index is -0.245. The summed E-state index contributed by atoms with van der Waals surface area (Å²) in [6, 6.07) is 28.5. The van der Waals surface area contributed by atoms with Gasteiger partial charge in [0.05, 0.1) is 0 Å². The van der Waals surface area contributed by atoms with Crippen molar-refractivity contribution < 1.29 is 14.3 Å². The van der Waals surface area contributed by atoms with E-state index in [4.69, 9.17) is 4.74 Å². The Kier molecular flexibility index (Phi) is 5.73. The van der Waals surface area contributed by atoms with Gasteiger partial charge in [-0.3, -0.25) is 4.79 Å². The Balaban J connectivity index is 1.25. The molecule has 2 saturated heterocycles. The maximum atomic E-state index is 13.9. The van der Waals surface area contributed by atoms with Crippen LogP contribution in [0.2, 0.25) is 0 Å². The van der Waals surface area contributed by atoms with E-state index in [1.807, 2.05) is 59.5 Å². The van der Waals surface area contributed by atoms with Crippen molar-refractivity contribution in [1.29, 1.82) is 0 Å². The summed E-state index contributed by atoms with van der Waals surface area (Å²) in [5.41, 5.74) is 1.79. The Morgan fingerprint density at radius 3 is 2.14 bits per heavy atom. The molecule has 35 heavy (non-hydrogen) atoms. The van der Waals surface area contributed by atoms with E-state index in [9.17, 15) is 9.59 Å². The molecule has 2 unspecified atom stereocenters. The van der Waals surface area contributed by atoms with Gasteiger partial charge in [0, 0.05) is 23.6 Å². The highest BCUT2D eigenvalue weighted by molar-refractivity contribution is 6.18. The highest BCUT2D eigenvalue weighted by atomic mass is 16.6. The summed E-state index contributed by atoms with van der Waals surface area (Å²) in [5, 5.41) is 4.41. The van der Waals surface area contributed by atoms with Gasteiger partial charge < -0.3 is 9.64 Å². The van der Waals surface area contributed by atoms with Gasteiger partial charge in [-0.25, -0.2) is 4.79 Å². The first-order valence-corrected chi connectivity index (χ1v) is 12.6. The second-order valence-electron chi connectivity index (χ2n) is 9.91. The van der Waals surface area contributed by atoms with Crippen LogP contribution in [0.25, 0.3) is 21.5 Å². The number of hydrogen-bond donors (Lipinski definition) is 0. The van der Waals surface area contributed by atoms with Gasteiger partial charge in [-0.15, -0.1) is 0 Å². The fraction of sp³-hybridized carbons (Fsp3) is 0.290. The number of carbonyl (C=O) groups excluding carboxylic acids is 2. The monoisotopic (exact) mass is 463 g/mol. The average molecular weight is 464 g/mol. The number of carbonyl (C=O) groups is 2. The van der Waals surface area contributed by atoms with Gasteiger partial charge in [0.2, 0.25) is 0 Å². The van der Waals surface area contributed by atoms with E-state index in [-0.39, 0.29) is 36.5 Å². The van der Waals surface area contributed by atoms with Crippen LogP contribution in [0.3, 0.4) is 0 Å². The lowest BCUT2D eigenvalue weighted by molar-refractivity contribution is 0.00476. The van der Waals surface area contributed by atoms with Crippen molar-refractivity contribution >= 4 is 33.4 Å². The quantitative estimate of drug-likeness (QED) is 0.239. The molecule has 4 heteroatoms. The minimum absolute atomic E-state index is 0.0615. The van der Waals surface area contributed by atoms with Crippen molar-refractivity contribution in [2.45, 2.75) is 50.8 Å². The number of hydrogen-bond acceptors (Lipinski definition) is 3. The summed E-state index contributed by atoms with van der Waals surface area (Å²) < 4.78 is 5.69. The number of fused-ring (bicyclic) bond motifs is 5. The number of Topliss-reactive ketones (excluding diaryl/α,β-unsaturated/α-hetero) is 1. The SMILES string of the molecule is O=C(c1cc2ccccc2c2ccccc12)C1CC2CCCC(C1)N2C(=O)OCc1ccccc1. The standard InChI is InChI=1S/C31H29NO3/c33-30(29-19-22-11-4-5-14-26(22)27-15-6-7-16-28(27)29)23-17-24-12-8-13-25(18-23)32(24)31(34)35-20-21-9-2-1-3-10-21/h1-7,9-11,14-16,19,23-25H,8,12-13,17-18,20H2. The second-order valence-corrected chi connectivity index (χ2v) is 9.91. The zero-order valence-corrected chi connectivity index (χ0v) is 19.7. The number of ketones is 1. The Morgan fingerprint density at radius 1 is 0.771 bits per heavy atom. The van der Waals surface area contributed by atoms with Gasteiger partial charge in [0.15, 0.2) is 5.78 Å². The number of nitrogens with zero attached hydrogens (tertiary/aromatic N) is 1. The van der Waals surface area contributed by atoms with E-state index in [1.165, 1.54) is 5.39 Å². The Hall–Kier alpha value is -3.66. The topological polar surface area (TPSA) is 46.6 Å². The molecule has 0 saturated carbocycles. The summed E-state index contributed by atoms with van der Waals surface area (Å²) in [6.07, 6.45) is 4.12. The van der Waals surface area contributed by atoms with E-state index in [0.29, 0.717) is 12.8 Å². The molecule has 2 aliphatic rings. The van der Waals surface area contributed by atoms with Gasteiger partial charge in [0.25, 0.3) is 0 Å². The molecule has 0 spiro atoms. The van der Waals surface area contributed by atoms with E-state index >= 15 is 0 Å². The fourth-order valence-electron chi connectivity index (χ4n) is 6.17. The highest BCUT2D eigenvalue weighted by Gasteiger charge is 2.44. The maximum absolute atomic E-state index is 13.9. The Bertz CT molecular complexity index is 1380. The van der Waals surface area contributed by atoms with Gasteiger partial charge in [-0.1, -0.05) is 78.9 Å². The highest BCUT2D eigenvalue weighted by Crippen LogP contribution is 2.40. The zero-order valence-electron chi connectivity index (χ0n) is 19.7. The number of rotatable bonds is 4. The molecule has 2 atom stereocenters. The Labute approximate surface area is 205 Å². The number of piperidine rings is 2. The smallest absolute Gasteiger partial charge is 0.410 e. The van der Waals surface area contributed by atoms with E-state index in [1.54, 1.807) is 0 Å². The van der Waals surface area contributed by atoms with Crippen molar-refractivity contribution in [1.82, 2.24) is 4.90 Å². The molecule has 0 aliphatic carbocycles. The summed E-state index contributed by atoms with van der Waals surface area (Å²) in [7, 11) is 0. The third kappa shape index (κ3) is 4.07. The van der Waals surface area contributed by atoms with Crippen molar-refractivity contribution in [2.75, 3.05) is 0 Å². The maximum Gasteiger partial charge on any atom is 0.410 e. The summed E-state index contributed by atoms with van der Waals surface area (Å²) in [5.74, 6) is 0.134. The number of amides is 1. The molecule has 4 nitrogen and oxygen atoms in total. The lowest BCUT2D eigenvalue weighted by Crippen LogP contribution is -2.55. The number of ether oxygens (including phenoxy) is 1. The van der Waals surface area contributed by atoms with Crippen LogP contribution >= 0.6 is 0 Å². The summed E-state index contributed by atoms with van der Waals surface area (Å²) in [4.78, 5) is 29.0. The normalized spacial score (nSPS) is 21.7. The third-order valence-electron chi connectivity index (χ3n) is 7.79. The first-order valence-electron chi connectivity index (χ1n) is 12.6. The van der Waals surface area contributed by atoms with Gasteiger partial charge in [0.1, 0.15) is 6.61 Å². The largest absolute Gasteiger partial charge is 0.445 e. The van der Waals surface area contributed by atoms with E-state index in [2.05, 4.69) is 30.3 Å². The molecular weight excluding hydrogens is 434 g/mol. The van der Waals surface area contributed by atoms with Crippen molar-refractivity contribution in [2.24, 2.45) is 5.92 Å². The average Bonchev–Trinajstić information content (AvgIpc) is 2.90. The van der Waals surface area contributed by atoms with Crippen LogP contribution in [0.4, 0.5) is 4.79 Å². The van der Waals surface area contributed by atoms with Gasteiger partial charge in [-0.05, 0) is 65.3 Å². The molecule has 2 heterocycles. The predicted octanol–water partition coefficient (Wildman–Crippen LogP) is 7.15. The minimum Gasteiger partial charge on any atom is -0.445 e. The van der Waals surface area contributed by atoms with Gasteiger partial charge >= 0.3 is 6.09 Å². The molecule has 0 N–H and O–H groups in total. The lowest BCUT2D eigenvalue weighted by atomic mass is 9.75. The molecule has 1 amide bonds. The van der Waals surface area contributed by atoms with Gasteiger partial charge in [-0.2, -0.15) is 0 Å². The zero-order chi connectivity index (χ0) is 23.8. The Morgan fingerprint density at radius 2 is 1.40 bits per heavy atom. The van der Waals surface area contributed by atoms with Crippen LogP contribution in [0.1, 0.15) is 48.0 Å². The van der Waals surface area contributed by atoms with Crippen LogP contribution in [0.5, 0.6) is 0 Å². The van der Waals surface area contributed by atoms with Crippen LogP contribution in [0, 0.1) is 5.92 Å². The molecule has 4 aromatic rings. The molecule has 2 fully saturated rings. The fourth-order valence-corrected chi connectivity index (χ4v) is 6.17. The molecule has 176 valence electrons. The van der Waals surface area contributed by atoms with Crippen molar-refractivity contribution in [3.63, 3.8) is 0 Å². The van der Waals surface area contributed by atoms with E-state index < -0.39 is 0 Å². The molecule has 6 rings (SSSR count). The summed E-state index contributed by atoms with van der Waals surface area (Å²) >= 11 is 0. The molecular formula is C31H29NO3. The van der Waals surface area contributed by atoms with Crippen LogP contribution < -0.4 is 0 Å². The molecule has 0 aromatic heterocycles. The molecule has 2 bridgehead atoms. The first kappa shape index (κ1) is 21.8. The van der Waals surface area contributed by atoms with Crippen molar-refractivity contribution in [3.8, 4) is 0 Å². The summed E-state index contributed by atoms with van der Waals surface area (Å²) in [6.45, 7) is 0.279. The predicted molar refractivity (Wildman–Crippen MR) is 138 cm³/mol. The lowest BCUT2D eigenvalue weighted by Gasteiger charge is -2.47. The third-order valence-corrected chi connectivity index (χ3v) is 7.79. The van der Waals surface area contributed by atoms with Crippen molar-refractivity contribution in [3.05, 3.63) is 96.1 Å². The molecule has 0 radical (unpaired) electrons. The van der Waals surface area contributed by atoms with Crippen LogP contribution in [-0.4, -0.2) is 28.9 Å². The number of benzene rings is 4. The van der Waals surface area contributed by atoms with Crippen LogP contribution in [-0.2, 0) is 11.3 Å². The first-order chi connectivity index (χ1) is 17.2. The van der Waals surface area contributed by atoms with E-state index in [0.717, 1.165) is 46.5 Å². The second kappa shape index (κ2) is 9.18. The van der Waals surface area contributed by atoms with Crippen LogP contribution in [0.15, 0.2) is 84.9 Å². The molecule has 4 aromatic carbocycles.